The molecule has 10 nitrogen and oxygen atoms in total. The summed E-state index contributed by atoms with van der Waals surface area (Å²) in [5, 5.41) is 17.8. The van der Waals surface area contributed by atoms with Crippen molar-refractivity contribution in [1.29, 1.82) is 0 Å². The van der Waals surface area contributed by atoms with Gasteiger partial charge in [-0.2, -0.15) is 11.8 Å². The van der Waals surface area contributed by atoms with Crippen LogP contribution in [0.1, 0.15) is 55.2 Å². The number of carbonyl (C=O) groups excluding carboxylic acids is 4. The van der Waals surface area contributed by atoms with E-state index < -0.39 is 36.1 Å². The molecule has 4 atom stereocenters. The third-order valence-corrected chi connectivity index (χ3v) is 9.99. The number of thioether (sulfide) groups is 1. The zero-order chi connectivity index (χ0) is 35.3. The monoisotopic (exact) mass is 699 g/mol. The first kappa shape index (κ1) is 36.7. The van der Waals surface area contributed by atoms with Gasteiger partial charge in [0.1, 0.15) is 19.3 Å². The van der Waals surface area contributed by atoms with Gasteiger partial charge in [0.15, 0.2) is 0 Å². The molecule has 264 valence electrons. The van der Waals surface area contributed by atoms with Gasteiger partial charge in [-0.1, -0.05) is 91.0 Å². The summed E-state index contributed by atoms with van der Waals surface area (Å²) in [5.41, 5.74) is 5.54. The van der Waals surface area contributed by atoms with E-state index in [2.05, 4.69) is 28.1 Å². The lowest BCUT2D eigenvalue weighted by molar-refractivity contribution is -0.147. The molecule has 2 aliphatic rings. The van der Waals surface area contributed by atoms with E-state index in [0.717, 1.165) is 27.8 Å². The molecule has 1 heterocycles. The molecule has 1 aliphatic carbocycles. The number of hydrogen-bond acceptors (Lipinski definition) is 8. The predicted molar refractivity (Wildman–Crippen MR) is 193 cm³/mol. The van der Waals surface area contributed by atoms with E-state index in [1.807, 2.05) is 78.9 Å². The van der Waals surface area contributed by atoms with Crippen LogP contribution >= 0.6 is 11.8 Å². The highest BCUT2D eigenvalue weighted by Crippen LogP contribution is 2.44. The molecule has 0 saturated heterocycles. The summed E-state index contributed by atoms with van der Waals surface area (Å²) < 4.78 is 11.4. The van der Waals surface area contributed by atoms with Gasteiger partial charge in [-0.15, -0.1) is 0 Å². The number of amides is 3. The normalized spacial score (nSPS) is 20.1. The van der Waals surface area contributed by atoms with Gasteiger partial charge in [0, 0.05) is 29.9 Å². The largest absolute Gasteiger partial charge is 0.462 e. The maximum Gasteiger partial charge on any atom is 0.407 e. The molecule has 3 aromatic carbocycles. The SMILES string of the molecule is CC(CO)NC(=O)CC1CC=CCCC(NC(=O)OCC2c3ccccc3-c3ccccc32)C(=O)OCC(CSCc2ccccc2)NC1=O. The fourth-order valence-corrected chi connectivity index (χ4v) is 7.20. The van der Waals surface area contributed by atoms with Crippen LogP contribution in [-0.2, 0) is 29.6 Å². The molecule has 0 saturated carbocycles. The van der Waals surface area contributed by atoms with Crippen molar-refractivity contribution in [3.63, 3.8) is 0 Å². The number of hydrogen-bond donors (Lipinski definition) is 4. The van der Waals surface area contributed by atoms with E-state index >= 15 is 0 Å². The van der Waals surface area contributed by atoms with Gasteiger partial charge in [0.2, 0.25) is 11.8 Å². The second kappa shape index (κ2) is 18.4. The smallest absolute Gasteiger partial charge is 0.407 e. The number of cyclic esters (lactones) is 1. The molecule has 3 aromatic rings. The highest BCUT2D eigenvalue weighted by atomic mass is 32.2. The topological polar surface area (TPSA) is 143 Å². The first-order chi connectivity index (χ1) is 24.3. The fraction of sp³-hybridized carbons (Fsp3) is 0.385. The molecule has 50 heavy (non-hydrogen) atoms. The summed E-state index contributed by atoms with van der Waals surface area (Å²) in [7, 11) is 0. The maximum atomic E-state index is 13.5. The van der Waals surface area contributed by atoms with Crippen LogP contribution in [0.25, 0.3) is 11.1 Å². The van der Waals surface area contributed by atoms with Crippen LogP contribution in [0.3, 0.4) is 0 Å². The highest BCUT2D eigenvalue weighted by Gasteiger charge is 2.31. The van der Waals surface area contributed by atoms with Crippen LogP contribution in [0.2, 0.25) is 0 Å². The van der Waals surface area contributed by atoms with Crippen molar-refractivity contribution in [2.75, 3.05) is 25.6 Å². The Bertz CT molecular complexity index is 1600. The Balaban J connectivity index is 1.24. The molecular formula is C39H45N3O7S. The summed E-state index contributed by atoms with van der Waals surface area (Å²) in [6.07, 6.45) is 3.86. The van der Waals surface area contributed by atoms with Crippen LogP contribution < -0.4 is 16.0 Å². The van der Waals surface area contributed by atoms with E-state index in [1.165, 1.54) is 0 Å². The summed E-state index contributed by atoms with van der Waals surface area (Å²) in [5.74, 6) is -0.913. The quantitative estimate of drug-likeness (QED) is 0.160. The zero-order valence-electron chi connectivity index (χ0n) is 28.2. The molecule has 3 amide bonds. The number of ether oxygens (including phenoxy) is 2. The Hall–Kier alpha value is -4.61. The number of nitrogens with one attached hydrogen (secondary N) is 3. The molecule has 0 fully saturated rings. The van der Waals surface area contributed by atoms with Crippen LogP contribution in [0.15, 0.2) is 91.0 Å². The Labute approximate surface area is 297 Å². The van der Waals surface area contributed by atoms with Gasteiger partial charge in [-0.05, 0) is 54.0 Å². The summed E-state index contributed by atoms with van der Waals surface area (Å²) in [4.78, 5) is 52.7. The minimum Gasteiger partial charge on any atom is -0.462 e. The number of esters is 1. The number of aliphatic hydroxyl groups is 1. The van der Waals surface area contributed by atoms with E-state index in [9.17, 15) is 24.3 Å². The molecular weight excluding hydrogens is 655 g/mol. The van der Waals surface area contributed by atoms with Crippen molar-refractivity contribution >= 4 is 35.6 Å². The molecule has 0 radical (unpaired) electrons. The Morgan fingerprint density at radius 2 is 1.66 bits per heavy atom. The third kappa shape index (κ3) is 10.2. The van der Waals surface area contributed by atoms with Crippen LogP contribution in [0.4, 0.5) is 4.79 Å². The van der Waals surface area contributed by atoms with Gasteiger partial charge in [-0.25, -0.2) is 9.59 Å². The van der Waals surface area contributed by atoms with Crippen molar-refractivity contribution in [1.82, 2.24) is 16.0 Å². The van der Waals surface area contributed by atoms with E-state index in [0.29, 0.717) is 24.3 Å². The Morgan fingerprint density at radius 1 is 0.980 bits per heavy atom. The maximum absolute atomic E-state index is 13.5. The van der Waals surface area contributed by atoms with E-state index in [1.54, 1.807) is 18.7 Å². The number of alkyl carbamates (subject to hydrolysis) is 1. The molecule has 4 unspecified atom stereocenters. The first-order valence-corrected chi connectivity index (χ1v) is 18.2. The lowest BCUT2D eigenvalue weighted by atomic mass is 9.98. The van der Waals surface area contributed by atoms with Gasteiger partial charge < -0.3 is 30.5 Å². The Kier molecular flexibility index (Phi) is 13.5. The highest BCUT2D eigenvalue weighted by molar-refractivity contribution is 7.98. The zero-order valence-corrected chi connectivity index (χ0v) is 29.0. The number of fused-ring (bicyclic) bond motifs is 3. The van der Waals surface area contributed by atoms with Crippen LogP contribution in [0.5, 0.6) is 0 Å². The van der Waals surface area contributed by atoms with Crippen LogP contribution in [0, 0.1) is 5.92 Å². The summed E-state index contributed by atoms with van der Waals surface area (Å²) in [6, 6.07) is 24.1. The standard InChI is InChI=1S/C39H45N3O7S/c1-26(21-43)40-36(44)20-28-14-6-3-7-19-35(38(46)48-22-29(41-37(28)45)25-50-24-27-12-4-2-5-13-27)42-39(47)49-23-34-32-17-10-8-15-30(32)31-16-9-11-18-33(31)34/h2-6,8-13,15-18,26,28-29,34-35,43H,7,14,19-25H2,1H3,(H,40,44)(H,41,45)(H,42,47). The van der Waals surface area contributed by atoms with Crippen molar-refractivity contribution in [3.05, 3.63) is 108 Å². The van der Waals surface area contributed by atoms with Gasteiger partial charge in [-0.3, -0.25) is 9.59 Å². The third-order valence-electron chi connectivity index (χ3n) is 8.82. The van der Waals surface area contributed by atoms with E-state index in [4.69, 9.17) is 9.47 Å². The fourth-order valence-electron chi connectivity index (χ4n) is 6.19. The second-order valence-corrected chi connectivity index (χ2v) is 13.7. The van der Waals surface area contributed by atoms with Crippen molar-refractivity contribution in [2.24, 2.45) is 5.92 Å². The lowest BCUT2D eigenvalue weighted by Gasteiger charge is -2.23. The number of rotatable bonds is 11. The first-order valence-electron chi connectivity index (χ1n) is 17.1. The molecule has 1 aliphatic heterocycles. The molecule has 11 heteroatoms. The van der Waals surface area contributed by atoms with Gasteiger partial charge in [0.05, 0.1) is 18.6 Å². The minimum absolute atomic E-state index is 0.0594. The number of carbonyl (C=O) groups is 4. The lowest BCUT2D eigenvalue weighted by Crippen LogP contribution is -2.47. The van der Waals surface area contributed by atoms with E-state index in [-0.39, 0.29) is 50.4 Å². The molecule has 0 bridgehead atoms. The Morgan fingerprint density at radius 3 is 2.36 bits per heavy atom. The molecule has 5 rings (SSSR count). The van der Waals surface area contributed by atoms with Gasteiger partial charge in [0.25, 0.3) is 0 Å². The predicted octanol–water partition coefficient (Wildman–Crippen LogP) is 5.10. The van der Waals surface area contributed by atoms with Crippen molar-refractivity contribution < 1.29 is 33.8 Å². The van der Waals surface area contributed by atoms with Crippen LogP contribution in [-0.4, -0.2) is 72.7 Å². The molecule has 4 N–H and O–H groups in total. The number of benzene rings is 3. The van der Waals surface area contributed by atoms with Crippen molar-refractivity contribution in [2.45, 2.75) is 62.4 Å². The minimum atomic E-state index is -0.967. The molecule has 0 spiro atoms. The second-order valence-electron chi connectivity index (χ2n) is 12.7. The number of aliphatic hydroxyl groups excluding tert-OH is 1. The number of allylic oxidation sites excluding steroid dienone is 2. The van der Waals surface area contributed by atoms with Gasteiger partial charge >= 0.3 is 12.1 Å². The molecule has 0 aromatic heterocycles. The van der Waals surface area contributed by atoms with Crippen molar-refractivity contribution in [3.8, 4) is 11.1 Å². The summed E-state index contributed by atoms with van der Waals surface area (Å²) >= 11 is 1.59. The summed E-state index contributed by atoms with van der Waals surface area (Å²) in [6.45, 7) is 1.48. The average molecular weight is 700 g/mol. The average Bonchev–Trinajstić information content (AvgIpc) is 3.45.